The third-order valence-corrected chi connectivity index (χ3v) is 8.33. The fraction of sp³-hybridized carbons (Fsp3) is 0.417. The van der Waals surface area contributed by atoms with Crippen LogP contribution in [0.25, 0.3) is 0 Å². The molecule has 0 radical (unpaired) electrons. The maximum Gasteiger partial charge on any atom is 0.253 e. The SMILES string of the molecule is O=C1NCCCCC1N(Cc1ccc(C(=O)N2CCCC2)cc1)S(=O)(=O)c1ccc(Cl)cc1. The molecule has 2 aliphatic heterocycles. The third kappa shape index (κ3) is 5.39. The third-order valence-electron chi connectivity index (χ3n) is 6.21. The lowest BCUT2D eigenvalue weighted by molar-refractivity contribution is -0.124. The van der Waals surface area contributed by atoms with Crippen LogP contribution in [0.5, 0.6) is 0 Å². The molecule has 2 aliphatic rings. The first-order valence-corrected chi connectivity index (χ1v) is 13.1. The fourth-order valence-electron chi connectivity index (χ4n) is 4.34. The van der Waals surface area contributed by atoms with E-state index in [9.17, 15) is 18.0 Å². The minimum absolute atomic E-state index is 0.00663. The first kappa shape index (κ1) is 23.7. The van der Waals surface area contributed by atoms with E-state index in [2.05, 4.69) is 5.32 Å². The van der Waals surface area contributed by atoms with Crippen LogP contribution in [0.15, 0.2) is 53.4 Å². The van der Waals surface area contributed by atoms with Crippen molar-refractivity contribution in [3.63, 3.8) is 0 Å². The molecule has 33 heavy (non-hydrogen) atoms. The summed E-state index contributed by atoms with van der Waals surface area (Å²) in [5, 5.41) is 3.27. The van der Waals surface area contributed by atoms with Crippen LogP contribution >= 0.6 is 11.6 Å². The molecule has 1 atom stereocenters. The summed E-state index contributed by atoms with van der Waals surface area (Å²) < 4.78 is 28.5. The minimum atomic E-state index is -3.97. The van der Waals surface area contributed by atoms with Gasteiger partial charge in [-0.25, -0.2) is 8.42 Å². The molecule has 0 bridgehead atoms. The number of hydrogen-bond acceptors (Lipinski definition) is 4. The quantitative estimate of drug-likeness (QED) is 0.673. The minimum Gasteiger partial charge on any atom is -0.355 e. The average Bonchev–Trinajstić information content (AvgIpc) is 3.27. The Balaban J connectivity index is 1.62. The van der Waals surface area contributed by atoms with Crippen LogP contribution in [0.3, 0.4) is 0 Å². The molecule has 2 saturated heterocycles. The van der Waals surface area contributed by atoms with Gasteiger partial charge in [-0.05, 0) is 74.1 Å². The molecule has 9 heteroatoms. The zero-order valence-electron chi connectivity index (χ0n) is 18.4. The summed E-state index contributed by atoms with van der Waals surface area (Å²) in [4.78, 5) is 27.3. The largest absolute Gasteiger partial charge is 0.355 e. The summed E-state index contributed by atoms with van der Waals surface area (Å²) in [5.74, 6) is -0.293. The molecule has 176 valence electrons. The molecular formula is C24H28ClN3O4S. The number of amides is 2. The Kier molecular flexibility index (Phi) is 7.36. The second-order valence-electron chi connectivity index (χ2n) is 8.50. The molecule has 2 amide bonds. The molecule has 0 spiro atoms. The van der Waals surface area contributed by atoms with Gasteiger partial charge in [0.15, 0.2) is 0 Å². The van der Waals surface area contributed by atoms with Crippen LogP contribution in [-0.4, -0.2) is 55.1 Å². The van der Waals surface area contributed by atoms with Crippen molar-refractivity contribution in [2.45, 2.75) is 49.6 Å². The number of carbonyl (C=O) groups is 2. The summed E-state index contributed by atoms with van der Waals surface area (Å²) in [6.07, 6.45) is 4.05. The zero-order valence-corrected chi connectivity index (χ0v) is 19.9. The lowest BCUT2D eigenvalue weighted by atomic mass is 10.1. The molecule has 4 rings (SSSR count). The van der Waals surface area contributed by atoms with E-state index in [-0.39, 0.29) is 23.3 Å². The monoisotopic (exact) mass is 489 g/mol. The van der Waals surface area contributed by atoms with Crippen molar-refractivity contribution in [1.29, 1.82) is 0 Å². The number of benzene rings is 2. The van der Waals surface area contributed by atoms with Crippen LogP contribution in [0, 0.1) is 0 Å². The fourth-order valence-corrected chi connectivity index (χ4v) is 6.07. The Morgan fingerprint density at radius 2 is 1.67 bits per heavy atom. The molecule has 1 unspecified atom stereocenters. The second kappa shape index (κ2) is 10.2. The van der Waals surface area contributed by atoms with Gasteiger partial charge in [-0.15, -0.1) is 0 Å². The standard InChI is InChI=1S/C24H28ClN3O4S/c25-20-10-12-21(13-11-20)33(31,32)28(22-5-1-2-14-26-23(22)29)17-18-6-8-19(9-7-18)24(30)27-15-3-4-16-27/h6-13,22H,1-5,14-17H2,(H,26,29). The summed E-state index contributed by atoms with van der Waals surface area (Å²) in [7, 11) is -3.97. The van der Waals surface area contributed by atoms with Crippen molar-refractivity contribution in [3.05, 3.63) is 64.7 Å². The smallest absolute Gasteiger partial charge is 0.253 e. The van der Waals surface area contributed by atoms with Gasteiger partial charge >= 0.3 is 0 Å². The second-order valence-corrected chi connectivity index (χ2v) is 10.8. The van der Waals surface area contributed by atoms with Gasteiger partial charge in [0.1, 0.15) is 6.04 Å². The number of carbonyl (C=O) groups excluding carboxylic acids is 2. The van der Waals surface area contributed by atoms with E-state index in [1.807, 2.05) is 4.90 Å². The Morgan fingerprint density at radius 1 is 1.00 bits per heavy atom. The van der Waals surface area contributed by atoms with E-state index in [0.29, 0.717) is 29.1 Å². The highest BCUT2D eigenvalue weighted by molar-refractivity contribution is 7.89. The summed E-state index contributed by atoms with van der Waals surface area (Å²) in [6.45, 7) is 2.10. The molecule has 2 aromatic rings. The van der Waals surface area contributed by atoms with Crippen molar-refractivity contribution in [1.82, 2.24) is 14.5 Å². The van der Waals surface area contributed by atoms with Crippen molar-refractivity contribution < 1.29 is 18.0 Å². The molecule has 2 aromatic carbocycles. The summed E-state index contributed by atoms with van der Waals surface area (Å²) in [6, 6.07) is 12.2. The van der Waals surface area contributed by atoms with Gasteiger partial charge in [0.25, 0.3) is 5.91 Å². The number of likely N-dealkylation sites (tertiary alicyclic amines) is 1. The molecule has 2 heterocycles. The molecule has 0 aromatic heterocycles. The van der Waals surface area contributed by atoms with E-state index < -0.39 is 16.1 Å². The van der Waals surface area contributed by atoms with Gasteiger partial charge in [0.05, 0.1) is 4.90 Å². The number of nitrogens with zero attached hydrogens (tertiary/aromatic N) is 2. The molecule has 1 N–H and O–H groups in total. The van der Waals surface area contributed by atoms with Crippen molar-refractivity contribution in [3.8, 4) is 0 Å². The van der Waals surface area contributed by atoms with E-state index >= 15 is 0 Å². The van der Waals surface area contributed by atoms with Gasteiger partial charge in [-0.1, -0.05) is 23.7 Å². The van der Waals surface area contributed by atoms with Gasteiger partial charge in [-0.2, -0.15) is 4.31 Å². The van der Waals surface area contributed by atoms with Gasteiger partial charge in [0.2, 0.25) is 15.9 Å². The Hall–Kier alpha value is -2.42. The topological polar surface area (TPSA) is 86.8 Å². The molecule has 0 aliphatic carbocycles. The van der Waals surface area contributed by atoms with E-state index in [0.717, 1.165) is 38.8 Å². The summed E-state index contributed by atoms with van der Waals surface area (Å²) >= 11 is 5.95. The lowest BCUT2D eigenvalue weighted by Crippen LogP contribution is -2.48. The first-order valence-electron chi connectivity index (χ1n) is 11.3. The number of hydrogen-bond donors (Lipinski definition) is 1. The van der Waals surface area contributed by atoms with Crippen LogP contribution in [-0.2, 0) is 21.4 Å². The number of sulfonamides is 1. The zero-order chi connectivity index (χ0) is 23.4. The molecule has 2 fully saturated rings. The van der Waals surface area contributed by atoms with Gasteiger partial charge < -0.3 is 10.2 Å². The highest BCUT2D eigenvalue weighted by Crippen LogP contribution is 2.26. The Bertz CT molecular complexity index is 1100. The highest BCUT2D eigenvalue weighted by atomic mass is 35.5. The molecule has 0 saturated carbocycles. The lowest BCUT2D eigenvalue weighted by Gasteiger charge is -2.29. The maximum atomic E-state index is 13.6. The number of rotatable bonds is 6. The normalized spacial score (nSPS) is 19.4. The highest BCUT2D eigenvalue weighted by Gasteiger charge is 2.36. The predicted molar refractivity (Wildman–Crippen MR) is 126 cm³/mol. The van der Waals surface area contributed by atoms with Crippen LogP contribution in [0.2, 0.25) is 5.02 Å². The van der Waals surface area contributed by atoms with Crippen LogP contribution in [0.1, 0.15) is 48.0 Å². The average molecular weight is 490 g/mol. The Morgan fingerprint density at radius 3 is 2.33 bits per heavy atom. The van der Waals surface area contributed by atoms with E-state index in [1.165, 1.54) is 28.6 Å². The Labute approximate surface area is 199 Å². The summed E-state index contributed by atoms with van der Waals surface area (Å²) in [5.41, 5.74) is 1.29. The number of halogens is 1. The van der Waals surface area contributed by atoms with Gasteiger partial charge in [0, 0.05) is 36.8 Å². The van der Waals surface area contributed by atoms with Crippen LogP contribution < -0.4 is 5.32 Å². The van der Waals surface area contributed by atoms with Gasteiger partial charge in [-0.3, -0.25) is 9.59 Å². The molecular weight excluding hydrogens is 462 g/mol. The van der Waals surface area contributed by atoms with Crippen LogP contribution in [0.4, 0.5) is 0 Å². The van der Waals surface area contributed by atoms with E-state index in [1.54, 1.807) is 24.3 Å². The van der Waals surface area contributed by atoms with Crippen molar-refractivity contribution in [2.24, 2.45) is 0 Å². The van der Waals surface area contributed by atoms with E-state index in [4.69, 9.17) is 11.6 Å². The molecule has 7 nitrogen and oxygen atoms in total. The predicted octanol–water partition coefficient (Wildman–Crippen LogP) is 3.44. The first-order chi connectivity index (χ1) is 15.9. The van der Waals surface area contributed by atoms with Crippen molar-refractivity contribution in [2.75, 3.05) is 19.6 Å². The van der Waals surface area contributed by atoms with Crippen molar-refractivity contribution >= 4 is 33.4 Å². The maximum absolute atomic E-state index is 13.6. The number of nitrogens with one attached hydrogen (secondary N) is 1.